The predicted molar refractivity (Wildman–Crippen MR) is 69.5 cm³/mol. The molecule has 0 radical (unpaired) electrons. The topological polar surface area (TPSA) is 94.1 Å². The van der Waals surface area contributed by atoms with Crippen molar-refractivity contribution in [3.8, 4) is 0 Å². The van der Waals surface area contributed by atoms with Crippen LogP contribution in [0.4, 0.5) is 11.5 Å². The van der Waals surface area contributed by atoms with E-state index in [1.165, 1.54) is 12.6 Å². The van der Waals surface area contributed by atoms with E-state index >= 15 is 0 Å². The van der Waals surface area contributed by atoms with Gasteiger partial charge in [0.2, 0.25) is 0 Å². The van der Waals surface area contributed by atoms with E-state index in [1.54, 1.807) is 13.0 Å². The third kappa shape index (κ3) is 2.76. The van der Waals surface area contributed by atoms with Crippen molar-refractivity contribution in [2.24, 2.45) is 5.73 Å². The molecule has 1 saturated carbocycles. The molecule has 1 fully saturated rings. The molecule has 18 heavy (non-hydrogen) atoms. The zero-order valence-electron chi connectivity index (χ0n) is 10.4. The van der Waals surface area contributed by atoms with Crippen molar-refractivity contribution in [2.75, 3.05) is 5.32 Å². The summed E-state index contributed by atoms with van der Waals surface area (Å²) in [7, 11) is 0. The number of nitrogens with zero attached hydrogens (tertiary/aromatic N) is 2. The van der Waals surface area contributed by atoms with Gasteiger partial charge in [-0.15, -0.1) is 0 Å². The lowest BCUT2D eigenvalue weighted by molar-refractivity contribution is -0.385. The molecule has 1 aliphatic rings. The van der Waals surface area contributed by atoms with Crippen LogP contribution in [0, 0.1) is 17.0 Å². The maximum Gasteiger partial charge on any atom is 0.290 e. The molecule has 0 unspecified atom stereocenters. The van der Waals surface area contributed by atoms with Gasteiger partial charge < -0.3 is 11.1 Å². The molecule has 0 aromatic carbocycles. The lowest BCUT2D eigenvalue weighted by Gasteiger charge is -2.29. The van der Waals surface area contributed by atoms with Gasteiger partial charge in [0, 0.05) is 17.6 Å². The number of nitro groups is 1. The number of nitrogens with two attached hydrogens (primary N) is 1. The van der Waals surface area contributed by atoms with Crippen molar-refractivity contribution < 1.29 is 4.92 Å². The minimum absolute atomic E-state index is 0.0495. The summed E-state index contributed by atoms with van der Waals surface area (Å²) in [4.78, 5) is 14.4. The highest BCUT2D eigenvalue weighted by Gasteiger charge is 2.22. The second-order valence-corrected chi connectivity index (χ2v) is 4.81. The number of anilines is 1. The molecule has 6 heteroatoms. The van der Waals surface area contributed by atoms with Crippen LogP contribution in [-0.4, -0.2) is 22.0 Å². The van der Waals surface area contributed by atoms with Crippen LogP contribution in [0.2, 0.25) is 0 Å². The summed E-state index contributed by atoms with van der Waals surface area (Å²) in [6.45, 7) is 1.71. The summed E-state index contributed by atoms with van der Waals surface area (Å²) in [5, 5.41) is 14.0. The number of hydrogen-bond donors (Lipinski definition) is 2. The van der Waals surface area contributed by atoms with Crippen LogP contribution in [-0.2, 0) is 0 Å². The Bertz CT molecular complexity index is 450. The van der Waals surface area contributed by atoms with Gasteiger partial charge in [-0.05, 0) is 25.8 Å². The van der Waals surface area contributed by atoms with Gasteiger partial charge in [-0.2, -0.15) is 0 Å². The summed E-state index contributed by atoms with van der Waals surface area (Å²) in [6, 6.07) is 2.06. The Morgan fingerprint density at radius 3 is 2.83 bits per heavy atom. The molecule has 6 nitrogen and oxygen atoms in total. The fourth-order valence-corrected chi connectivity index (χ4v) is 2.35. The van der Waals surface area contributed by atoms with E-state index in [0.29, 0.717) is 11.4 Å². The zero-order chi connectivity index (χ0) is 13.1. The standard InChI is InChI=1S/C12H18N4O2/c1-8-6-12(14-7-11(8)16(17)18)15-10-5-3-2-4-9(10)13/h6-7,9-10H,2-5,13H2,1H3,(H,14,15)/t9-,10-/m1/s1. The molecular formula is C12H18N4O2. The molecule has 1 aromatic heterocycles. The maximum atomic E-state index is 10.7. The molecule has 1 heterocycles. The largest absolute Gasteiger partial charge is 0.366 e. The zero-order valence-corrected chi connectivity index (χ0v) is 10.4. The Morgan fingerprint density at radius 1 is 1.50 bits per heavy atom. The summed E-state index contributed by atoms with van der Waals surface area (Å²) in [5.74, 6) is 0.667. The van der Waals surface area contributed by atoms with Gasteiger partial charge in [0.15, 0.2) is 0 Å². The Labute approximate surface area is 106 Å². The van der Waals surface area contributed by atoms with Crippen LogP contribution in [0.3, 0.4) is 0 Å². The highest BCUT2D eigenvalue weighted by Crippen LogP contribution is 2.23. The molecular weight excluding hydrogens is 232 g/mol. The number of pyridine rings is 1. The van der Waals surface area contributed by atoms with Crippen molar-refractivity contribution in [1.82, 2.24) is 4.98 Å². The fourth-order valence-electron chi connectivity index (χ4n) is 2.35. The van der Waals surface area contributed by atoms with Crippen LogP contribution in [0.5, 0.6) is 0 Å². The first kappa shape index (κ1) is 12.8. The first-order chi connectivity index (χ1) is 8.58. The SMILES string of the molecule is Cc1cc(N[C@@H]2CCCC[C@H]2N)ncc1[N+](=O)[O-]. The molecule has 0 amide bonds. The lowest BCUT2D eigenvalue weighted by Crippen LogP contribution is -2.42. The number of hydrogen-bond acceptors (Lipinski definition) is 5. The molecule has 0 bridgehead atoms. The highest BCUT2D eigenvalue weighted by molar-refractivity contribution is 5.47. The molecule has 2 rings (SSSR count). The molecule has 98 valence electrons. The monoisotopic (exact) mass is 250 g/mol. The van der Waals surface area contributed by atoms with Gasteiger partial charge in [-0.3, -0.25) is 10.1 Å². The van der Waals surface area contributed by atoms with Crippen LogP contribution < -0.4 is 11.1 Å². The Morgan fingerprint density at radius 2 is 2.22 bits per heavy atom. The van der Waals surface area contributed by atoms with Crippen LogP contribution in [0.1, 0.15) is 31.2 Å². The molecule has 0 saturated heterocycles. The van der Waals surface area contributed by atoms with Gasteiger partial charge in [-0.1, -0.05) is 12.8 Å². The van der Waals surface area contributed by atoms with Gasteiger partial charge >= 0.3 is 0 Å². The molecule has 1 aromatic rings. The van der Waals surface area contributed by atoms with Crippen LogP contribution >= 0.6 is 0 Å². The summed E-state index contributed by atoms with van der Waals surface area (Å²) >= 11 is 0. The van der Waals surface area contributed by atoms with Crippen LogP contribution in [0.15, 0.2) is 12.3 Å². The minimum atomic E-state index is -0.418. The van der Waals surface area contributed by atoms with E-state index in [1.807, 2.05) is 0 Å². The Kier molecular flexibility index (Phi) is 3.76. The highest BCUT2D eigenvalue weighted by atomic mass is 16.6. The summed E-state index contributed by atoms with van der Waals surface area (Å²) in [6.07, 6.45) is 5.68. The molecule has 2 atom stereocenters. The smallest absolute Gasteiger partial charge is 0.290 e. The first-order valence-corrected chi connectivity index (χ1v) is 6.21. The summed E-state index contributed by atoms with van der Waals surface area (Å²) < 4.78 is 0. The van der Waals surface area contributed by atoms with Gasteiger partial charge in [0.1, 0.15) is 12.0 Å². The molecule has 3 N–H and O–H groups in total. The number of aryl methyl sites for hydroxylation is 1. The minimum Gasteiger partial charge on any atom is -0.366 e. The van der Waals surface area contributed by atoms with Crippen molar-refractivity contribution in [3.63, 3.8) is 0 Å². The maximum absolute atomic E-state index is 10.7. The van der Waals surface area contributed by atoms with E-state index in [9.17, 15) is 10.1 Å². The van der Waals surface area contributed by atoms with E-state index in [4.69, 9.17) is 5.73 Å². The van der Waals surface area contributed by atoms with Crippen molar-refractivity contribution >= 4 is 11.5 Å². The van der Waals surface area contributed by atoms with Gasteiger partial charge in [-0.25, -0.2) is 4.98 Å². The first-order valence-electron chi connectivity index (χ1n) is 6.21. The van der Waals surface area contributed by atoms with E-state index < -0.39 is 4.92 Å². The van der Waals surface area contributed by atoms with Crippen molar-refractivity contribution in [2.45, 2.75) is 44.7 Å². The lowest BCUT2D eigenvalue weighted by atomic mass is 9.91. The third-order valence-corrected chi connectivity index (χ3v) is 3.43. The normalized spacial score (nSPS) is 23.7. The van der Waals surface area contributed by atoms with Crippen LogP contribution in [0.25, 0.3) is 0 Å². The van der Waals surface area contributed by atoms with Gasteiger partial charge in [0.25, 0.3) is 5.69 Å². The van der Waals surface area contributed by atoms with E-state index in [-0.39, 0.29) is 17.8 Å². The summed E-state index contributed by atoms with van der Waals surface area (Å²) in [5.41, 5.74) is 6.71. The Hall–Kier alpha value is -1.69. The Balaban J connectivity index is 2.10. The fraction of sp³-hybridized carbons (Fsp3) is 0.583. The second-order valence-electron chi connectivity index (χ2n) is 4.81. The van der Waals surface area contributed by atoms with E-state index in [0.717, 1.165) is 19.3 Å². The number of nitrogens with one attached hydrogen (secondary N) is 1. The number of rotatable bonds is 3. The van der Waals surface area contributed by atoms with Gasteiger partial charge in [0.05, 0.1) is 4.92 Å². The predicted octanol–water partition coefficient (Wildman–Crippen LogP) is 1.98. The molecule has 1 aliphatic carbocycles. The average Bonchev–Trinajstić information content (AvgIpc) is 2.32. The molecule has 0 aliphatic heterocycles. The van der Waals surface area contributed by atoms with E-state index in [2.05, 4.69) is 10.3 Å². The van der Waals surface area contributed by atoms with Crippen molar-refractivity contribution in [3.05, 3.63) is 27.9 Å². The average molecular weight is 250 g/mol. The number of aromatic nitrogens is 1. The quantitative estimate of drug-likeness (QED) is 0.632. The van der Waals surface area contributed by atoms with Crippen molar-refractivity contribution in [1.29, 1.82) is 0 Å². The molecule has 0 spiro atoms. The second kappa shape index (κ2) is 5.30. The third-order valence-electron chi connectivity index (χ3n) is 3.43.